The van der Waals surface area contributed by atoms with Gasteiger partial charge in [-0.1, -0.05) is 6.92 Å². The smallest absolute Gasteiger partial charge is 0.123 e. The molecule has 2 unspecified atom stereocenters. The molecular weight excluding hydrogens is 264 g/mol. The topological polar surface area (TPSA) is 33.7 Å². The summed E-state index contributed by atoms with van der Waals surface area (Å²) < 4.78 is 11.5. The molecule has 2 heterocycles. The highest BCUT2D eigenvalue weighted by molar-refractivity contribution is 5.48. The Bertz CT molecular complexity index is 498. The highest BCUT2D eigenvalue weighted by Gasteiger charge is 2.25. The highest BCUT2D eigenvalue weighted by Crippen LogP contribution is 2.35. The van der Waals surface area contributed by atoms with Crippen LogP contribution in [0.1, 0.15) is 31.4 Å². The van der Waals surface area contributed by atoms with Crippen LogP contribution in [0.3, 0.4) is 0 Å². The third-order valence-electron chi connectivity index (χ3n) is 4.63. The van der Waals surface area contributed by atoms with Crippen molar-refractivity contribution in [3.05, 3.63) is 23.3 Å². The number of hydrogen-bond donors (Lipinski definition) is 1. The first-order chi connectivity index (χ1) is 10.2. The lowest BCUT2D eigenvalue weighted by Crippen LogP contribution is -2.36. The van der Waals surface area contributed by atoms with Crippen molar-refractivity contribution in [2.24, 2.45) is 0 Å². The van der Waals surface area contributed by atoms with E-state index in [4.69, 9.17) is 9.47 Å². The molecule has 0 spiro atoms. The van der Waals surface area contributed by atoms with E-state index in [0.29, 0.717) is 6.04 Å². The van der Waals surface area contributed by atoms with Gasteiger partial charge in [0.05, 0.1) is 7.11 Å². The zero-order valence-electron chi connectivity index (χ0n) is 13.3. The van der Waals surface area contributed by atoms with Gasteiger partial charge in [0.1, 0.15) is 17.6 Å². The molecule has 0 bridgehead atoms. The molecule has 1 N–H and O–H groups in total. The van der Waals surface area contributed by atoms with Gasteiger partial charge in [0.15, 0.2) is 0 Å². The van der Waals surface area contributed by atoms with E-state index in [1.807, 2.05) is 0 Å². The standard InChI is InChI=1S/C17H26N2O2/c1-4-19(15-5-6-18-10-15)11-14-9-17-13(7-12(2)21-17)8-16(14)20-3/h8-9,12,15,18H,4-7,10-11H2,1-3H3. The van der Waals surface area contributed by atoms with E-state index < -0.39 is 0 Å². The number of ether oxygens (including phenoxy) is 2. The van der Waals surface area contributed by atoms with Gasteiger partial charge in [-0.05, 0) is 38.6 Å². The summed E-state index contributed by atoms with van der Waals surface area (Å²) in [6.07, 6.45) is 2.49. The van der Waals surface area contributed by atoms with Crippen LogP contribution in [0.4, 0.5) is 0 Å². The van der Waals surface area contributed by atoms with E-state index in [0.717, 1.165) is 44.1 Å². The van der Waals surface area contributed by atoms with Crippen molar-refractivity contribution < 1.29 is 9.47 Å². The van der Waals surface area contributed by atoms with Crippen molar-refractivity contribution in [2.45, 2.75) is 45.4 Å². The molecule has 4 heteroatoms. The Morgan fingerprint density at radius 2 is 2.29 bits per heavy atom. The van der Waals surface area contributed by atoms with E-state index in [9.17, 15) is 0 Å². The van der Waals surface area contributed by atoms with E-state index in [1.54, 1.807) is 7.11 Å². The van der Waals surface area contributed by atoms with Crippen molar-refractivity contribution in [1.29, 1.82) is 0 Å². The molecule has 21 heavy (non-hydrogen) atoms. The molecule has 116 valence electrons. The van der Waals surface area contributed by atoms with Crippen LogP contribution < -0.4 is 14.8 Å². The van der Waals surface area contributed by atoms with Crippen LogP contribution in [0.5, 0.6) is 11.5 Å². The molecule has 0 aliphatic carbocycles. The zero-order chi connectivity index (χ0) is 14.8. The Hall–Kier alpha value is -1.26. The fourth-order valence-electron chi connectivity index (χ4n) is 3.46. The third kappa shape index (κ3) is 3.01. The van der Waals surface area contributed by atoms with Gasteiger partial charge < -0.3 is 14.8 Å². The summed E-state index contributed by atoms with van der Waals surface area (Å²) in [5.41, 5.74) is 2.51. The van der Waals surface area contributed by atoms with Gasteiger partial charge in [-0.15, -0.1) is 0 Å². The minimum Gasteiger partial charge on any atom is -0.496 e. The number of benzene rings is 1. The summed E-state index contributed by atoms with van der Waals surface area (Å²) in [5.74, 6) is 2.04. The second kappa shape index (κ2) is 6.24. The molecule has 2 atom stereocenters. The Kier molecular flexibility index (Phi) is 4.36. The second-order valence-electron chi connectivity index (χ2n) is 6.11. The van der Waals surface area contributed by atoms with E-state index in [2.05, 4.69) is 36.2 Å². The molecule has 3 rings (SSSR count). The van der Waals surface area contributed by atoms with Crippen molar-refractivity contribution in [3.63, 3.8) is 0 Å². The van der Waals surface area contributed by atoms with Crippen LogP contribution in [0.25, 0.3) is 0 Å². The second-order valence-corrected chi connectivity index (χ2v) is 6.11. The Morgan fingerprint density at radius 3 is 2.95 bits per heavy atom. The number of rotatable bonds is 5. The minimum atomic E-state index is 0.279. The van der Waals surface area contributed by atoms with Gasteiger partial charge in [0.2, 0.25) is 0 Å². The molecule has 1 aromatic carbocycles. The summed E-state index contributed by atoms with van der Waals surface area (Å²) in [4.78, 5) is 2.53. The van der Waals surface area contributed by atoms with Crippen LogP contribution in [0.2, 0.25) is 0 Å². The van der Waals surface area contributed by atoms with Crippen LogP contribution in [-0.2, 0) is 13.0 Å². The summed E-state index contributed by atoms with van der Waals surface area (Å²) in [6, 6.07) is 4.98. The molecule has 1 fully saturated rings. The highest BCUT2D eigenvalue weighted by atomic mass is 16.5. The van der Waals surface area contributed by atoms with Gasteiger partial charge in [-0.25, -0.2) is 0 Å². The maximum Gasteiger partial charge on any atom is 0.123 e. The number of hydrogen-bond acceptors (Lipinski definition) is 4. The first-order valence-corrected chi connectivity index (χ1v) is 8.02. The van der Waals surface area contributed by atoms with Crippen LogP contribution >= 0.6 is 0 Å². The predicted octanol–water partition coefficient (Wildman–Crippen LogP) is 2.20. The quantitative estimate of drug-likeness (QED) is 0.901. The molecular formula is C17H26N2O2. The van der Waals surface area contributed by atoms with E-state index in [-0.39, 0.29) is 6.10 Å². The summed E-state index contributed by atoms with van der Waals surface area (Å²) in [7, 11) is 1.76. The fraction of sp³-hybridized carbons (Fsp3) is 0.647. The summed E-state index contributed by atoms with van der Waals surface area (Å²) in [5, 5.41) is 3.45. The Labute approximate surface area is 127 Å². The molecule has 2 aliphatic heterocycles. The van der Waals surface area contributed by atoms with Gasteiger partial charge in [-0.2, -0.15) is 0 Å². The van der Waals surface area contributed by atoms with Gasteiger partial charge in [0, 0.05) is 36.7 Å². The normalized spacial score (nSPS) is 24.2. The van der Waals surface area contributed by atoms with Crippen LogP contribution in [-0.4, -0.2) is 43.8 Å². The summed E-state index contributed by atoms with van der Waals surface area (Å²) in [6.45, 7) is 8.56. The average molecular weight is 290 g/mol. The van der Waals surface area contributed by atoms with Crippen LogP contribution in [0.15, 0.2) is 12.1 Å². The molecule has 2 aliphatic rings. The fourth-order valence-corrected chi connectivity index (χ4v) is 3.46. The first kappa shape index (κ1) is 14.7. The number of nitrogens with one attached hydrogen (secondary N) is 1. The predicted molar refractivity (Wildman–Crippen MR) is 84.1 cm³/mol. The lowest BCUT2D eigenvalue weighted by atomic mass is 10.1. The lowest BCUT2D eigenvalue weighted by Gasteiger charge is -2.27. The van der Waals surface area contributed by atoms with Crippen molar-refractivity contribution in [2.75, 3.05) is 26.7 Å². The SMILES string of the molecule is CCN(Cc1cc2c(cc1OC)CC(C)O2)C1CCNC1. The maximum atomic E-state index is 5.90. The van der Waals surface area contributed by atoms with E-state index >= 15 is 0 Å². The van der Waals surface area contributed by atoms with Gasteiger partial charge >= 0.3 is 0 Å². The zero-order valence-corrected chi connectivity index (χ0v) is 13.3. The van der Waals surface area contributed by atoms with E-state index in [1.165, 1.54) is 17.5 Å². The van der Waals surface area contributed by atoms with Crippen LogP contribution in [0, 0.1) is 0 Å². The monoisotopic (exact) mass is 290 g/mol. The van der Waals surface area contributed by atoms with Gasteiger partial charge in [-0.3, -0.25) is 4.90 Å². The van der Waals surface area contributed by atoms with Crippen molar-refractivity contribution >= 4 is 0 Å². The lowest BCUT2D eigenvalue weighted by molar-refractivity contribution is 0.207. The number of fused-ring (bicyclic) bond motifs is 1. The number of likely N-dealkylation sites (N-methyl/N-ethyl adjacent to an activating group) is 1. The average Bonchev–Trinajstić information content (AvgIpc) is 3.11. The molecule has 1 saturated heterocycles. The Morgan fingerprint density at radius 1 is 1.43 bits per heavy atom. The summed E-state index contributed by atoms with van der Waals surface area (Å²) >= 11 is 0. The molecule has 4 nitrogen and oxygen atoms in total. The Balaban J connectivity index is 1.82. The first-order valence-electron chi connectivity index (χ1n) is 8.02. The molecule has 0 saturated carbocycles. The molecule has 1 aromatic rings. The van der Waals surface area contributed by atoms with Crippen molar-refractivity contribution in [1.82, 2.24) is 10.2 Å². The van der Waals surface area contributed by atoms with Gasteiger partial charge in [0.25, 0.3) is 0 Å². The largest absolute Gasteiger partial charge is 0.496 e. The molecule has 0 amide bonds. The third-order valence-corrected chi connectivity index (χ3v) is 4.63. The maximum absolute atomic E-state index is 5.90. The number of nitrogens with zero attached hydrogens (tertiary/aromatic N) is 1. The molecule has 0 aromatic heterocycles. The molecule has 0 radical (unpaired) electrons. The van der Waals surface area contributed by atoms with Crippen molar-refractivity contribution in [3.8, 4) is 11.5 Å². The number of methoxy groups -OCH3 is 1. The minimum absolute atomic E-state index is 0.279.